The summed E-state index contributed by atoms with van der Waals surface area (Å²) in [5.74, 6) is 0.0781. The summed E-state index contributed by atoms with van der Waals surface area (Å²) in [6.45, 7) is 0. The Kier molecular flexibility index (Phi) is 2.95. The summed E-state index contributed by atoms with van der Waals surface area (Å²) < 4.78 is 0. The Morgan fingerprint density at radius 2 is 2.20 bits per heavy atom. The Bertz CT molecular complexity index is 355. The molecule has 1 aromatic rings. The molecule has 82 valence electrons. The van der Waals surface area contributed by atoms with E-state index in [2.05, 4.69) is 0 Å². The normalized spacial score (nSPS) is 16.9. The molecule has 4 heteroatoms. The van der Waals surface area contributed by atoms with E-state index < -0.39 is 0 Å². The zero-order valence-electron chi connectivity index (χ0n) is 8.90. The molecule has 1 heterocycles. The molecule has 2 N–H and O–H groups in total. The van der Waals surface area contributed by atoms with Crippen LogP contribution in [0.1, 0.15) is 35.4 Å². The van der Waals surface area contributed by atoms with Gasteiger partial charge in [-0.3, -0.25) is 4.79 Å². The van der Waals surface area contributed by atoms with Gasteiger partial charge in [-0.15, -0.1) is 11.3 Å². The number of nitrogens with two attached hydrogens (primary N) is 1. The van der Waals surface area contributed by atoms with Gasteiger partial charge >= 0.3 is 0 Å². The van der Waals surface area contributed by atoms with E-state index in [4.69, 9.17) is 5.73 Å². The van der Waals surface area contributed by atoms with Crippen molar-refractivity contribution in [3.8, 4) is 0 Å². The fraction of sp³-hybridized carbons (Fsp3) is 0.545. The van der Waals surface area contributed by atoms with Gasteiger partial charge < -0.3 is 10.6 Å². The van der Waals surface area contributed by atoms with Crippen molar-refractivity contribution in [3.05, 3.63) is 16.3 Å². The lowest BCUT2D eigenvalue weighted by Crippen LogP contribution is -2.35. The van der Waals surface area contributed by atoms with Crippen molar-refractivity contribution in [3.63, 3.8) is 0 Å². The highest BCUT2D eigenvalue weighted by molar-refractivity contribution is 7.12. The number of nitrogen functional groups attached to an aromatic ring is 1. The van der Waals surface area contributed by atoms with Gasteiger partial charge in [0, 0.05) is 13.1 Å². The number of rotatable bonds is 2. The average molecular weight is 224 g/mol. The molecule has 1 aliphatic carbocycles. The van der Waals surface area contributed by atoms with Gasteiger partial charge in [0.15, 0.2) is 0 Å². The van der Waals surface area contributed by atoms with Crippen LogP contribution in [0.4, 0.5) is 5.69 Å². The molecule has 15 heavy (non-hydrogen) atoms. The fourth-order valence-electron chi connectivity index (χ4n) is 2.11. The van der Waals surface area contributed by atoms with Crippen molar-refractivity contribution >= 4 is 22.9 Å². The molecule has 1 saturated carbocycles. The van der Waals surface area contributed by atoms with Gasteiger partial charge in [0.05, 0.1) is 5.69 Å². The third-order valence-corrected chi connectivity index (χ3v) is 4.00. The molecule has 0 aromatic carbocycles. The molecule has 0 bridgehead atoms. The molecule has 1 aromatic heterocycles. The number of hydrogen-bond donors (Lipinski definition) is 1. The maximum absolute atomic E-state index is 12.1. The molecular weight excluding hydrogens is 208 g/mol. The Labute approximate surface area is 93.9 Å². The van der Waals surface area contributed by atoms with Crippen molar-refractivity contribution in [2.75, 3.05) is 12.8 Å². The van der Waals surface area contributed by atoms with Crippen LogP contribution in [0.3, 0.4) is 0 Å². The van der Waals surface area contributed by atoms with E-state index in [0.717, 1.165) is 12.8 Å². The smallest absolute Gasteiger partial charge is 0.266 e. The van der Waals surface area contributed by atoms with Gasteiger partial charge in [0.1, 0.15) is 4.88 Å². The van der Waals surface area contributed by atoms with Crippen LogP contribution in [0.15, 0.2) is 11.4 Å². The predicted molar refractivity (Wildman–Crippen MR) is 63.1 cm³/mol. The molecule has 2 rings (SSSR count). The zero-order valence-corrected chi connectivity index (χ0v) is 9.72. The number of anilines is 1. The van der Waals surface area contributed by atoms with Crippen molar-refractivity contribution in [1.29, 1.82) is 0 Å². The first-order valence-electron chi connectivity index (χ1n) is 5.30. The minimum Gasteiger partial charge on any atom is -0.397 e. The van der Waals surface area contributed by atoms with Crippen LogP contribution in [-0.2, 0) is 0 Å². The molecule has 0 unspecified atom stereocenters. The van der Waals surface area contributed by atoms with Crippen molar-refractivity contribution in [2.45, 2.75) is 31.7 Å². The molecule has 0 radical (unpaired) electrons. The molecule has 0 saturated heterocycles. The standard InChI is InChI=1S/C11H16N2OS/c1-13(8-4-2-3-5-8)11(14)10-9(12)6-7-15-10/h6-8H,2-5,12H2,1H3. The van der Waals surface area contributed by atoms with E-state index in [1.165, 1.54) is 24.2 Å². The lowest BCUT2D eigenvalue weighted by molar-refractivity contribution is 0.0741. The highest BCUT2D eigenvalue weighted by Crippen LogP contribution is 2.26. The number of amides is 1. The Balaban J connectivity index is 2.10. The topological polar surface area (TPSA) is 46.3 Å². The first-order valence-corrected chi connectivity index (χ1v) is 6.18. The molecule has 0 spiro atoms. The summed E-state index contributed by atoms with van der Waals surface area (Å²) in [5, 5.41) is 1.87. The van der Waals surface area contributed by atoms with Crippen LogP contribution in [0, 0.1) is 0 Å². The third kappa shape index (κ3) is 2.00. The second-order valence-corrected chi connectivity index (χ2v) is 4.98. The minimum atomic E-state index is 0.0781. The summed E-state index contributed by atoms with van der Waals surface area (Å²) in [6, 6.07) is 2.21. The van der Waals surface area contributed by atoms with Gasteiger partial charge in [0.2, 0.25) is 0 Å². The first kappa shape index (κ1) is 10.5. The predicted octanol–water partition coefficient (Wildman–Crippen LogP) is 2.34. The Morgan fingerprint density at radius 1 is 1.53 bits per heavy atom. The van der Waals surface area contributed by atoms with E-state index >= 15 is 0 Å². The third-order valence-electron chi connectivity index (χ3n) is 3.08. The summed E-state index contributed by atoms with van der Waals surface area (Å²) >= 11 is 1.43. The molecule has 1 fully saturated rings. The highest BCUT2D eigenvalue weighted by Gasteiger charge is 2.25. The van der Waals surface area contributed by atoms with Crippen molar-refractivity contribution in [2.24, 2.45) is 0 Å². The Hall–Kier alpha value is -1.03. The van der Waals surface area contributed by atoms with Gasteiger partial charge in [-0.05, 0) is 24.3 Å². The van der Waals surface area contributed by atoms with Crippen LogP contribution in [0.2, 0.25) is 0 Å². The molecule has 0 aliphatic heterocycles. The van der Waals surface area contributed by atoms with Crippen LogP contribution in [0.5, 0.6) is 0 Å². The molecule has 3 nitrogen and oxygen atoms in total. The van der Waals surface area contributed by atoms with E-state index in [1.54, 1.807) is 6.07 Å². The molecular formula is C11H16N2OS. The van der Waals surface area contributed by atoms with Gasteiger partial charge in [0.25, 0.3) is 5.91 Å². The highest BCUT2D eigenvalue weighted by atomic mass is 32.1. The van der Waals surface area contributed by atoms with Crippen LogP contribution in [-0.4, -0.2) is 23.9 Å². The number of hydrogen-bond acceptors (Lipinski definition) is 3. The SMILES string of the molecule is CN(C(=O)c1sccc1N)C1CCCC1. The lowest BCUT2D eigenvalue weighted by Gasteiger charge is -2.23. The molecule has 0 atom stereocenters. The molecule has 1 aliphatic rings. The Morgan fingerprint density at radius 3 is 2.73 bits per heavy atom. The number of carbonyl (C=O) groups excluding carboxylic acids is 1. The van der Waals surface area contributed by atoms with Crippen molar-refractivity contribution < 1.29 is 4.79 Å². The second kappa shape index (κ2) is 4.23. The fourth-order valence-corrected chi connectivity index (χ4v) is 2.91. The van der Waals surface area contributed by atoms with Gasteiger partial charge in [-0.2, -0.15) is 0 Å². The largest absolute Gasteiger partial charge is 0.397 e. The summed E-state index contributed by atoms with van der Waals surface area (Å²) in [6.07, 6.45) is 4.74. The van der Waals surface area contributed by atoms with Gasteiger partial charge in [-0.1, -0.05) is 12.8 Å². The second-order valence-electron chi connectivity index (χ2n) is 4.06. The maximum Gasteiger partial charge on any atom is 0.266 e. The number of thiophene rings is 1. The monoisotopic (exact) mass is 224 g/mol. The number of nitrogens with zero attached hydrogens (tertiary/aromatic N) is 1. The van der Waals surface area contributed by atoms with E-state index in [0.29, 0.717) is 16.6 Å². The van der Waals surface area contributed by atoms with E-state index in [-0.39, 0.29) is 5.91 Å². The molecule has 1 amide bonds. The van der Waals surface area contributed by atoms with E-state index in [9.17, 15) is 4.79 Å². The van der Waals surface area contributed by atoms with Crippen molar-refractivity contribution in [1.82, 2.24) is 4.90 Å². The first-order chi connectivity index (χ1) is 7.20. The minimum absolute atomic E-state index is 0.0781. The van der Waals surface area contributed by atoms with Gasteiger partial charge in [-0.25, -0.2) is 0 Å². The van der Waals surface area contributed by atoms with Crippen LogP contribution in [0.25, 0.3) is 0 Å². The van der Waals surface area contributed by atoms with E-state index in [1.807, 2.05) is 17.3 Å². The quantitative estimate of drug-likeness (QED) is 0.838. The maximum atomic E-state index is 12.1. The number of carbonyl (C=O) groups is 1. The summed E-state index contributed by atoms with van der Waals surface area (Å²) in [5.41, 5.74) is 6.35. The van der Waals surface area contributed by atoms with Crippen LogP contribution >= 0.6 is 11.3 Å². The van der Waals surface area contributed by atoms with Crippen LogP contribution < -0.4 is 5.73 Å². The average Bonchev–Trinajstić information content (AvgIpc) is 2.85. The summed E-state index contributed by atoms with van der Waals surface area (Å²) in [7, 11) is 1.89. The lowest BCUT2D eigenvalue weighted by atomic mass is 10.2. The zero-order chi connectivity index (χ0) is 10.8. The summed E-state index contributed by atoms with van der Waals surface area (Å²) in [4.78, 5) is 14.6.